The van der Waals surface area contributed by atoms with Gasteiger partial charge in [-0.25, -0.2) is 16.8 Å². The fourth-order valence-electron chi connectivity index (χ4n) is 11.5. The number of benzene rings is 8. The molecule has 0 aliphatic carbocycles. The van der Waals surface area contributed by atoms with Crippen molar-refractivity contribution in [2.24, 2.45) is 0 Å². The lowest BCUT2D eigenvalue weighted by Gasteiger charge is -2.43. The number of halogens is 4. The Morgan fingerprint density at radius 2 is 0.795 bits per heavy atom. The molecule has 424 valence electrons. The second-order valence-corrected chi connectivity index (χ2v) is 26.6. The van der Waals surface area contributed by atoms with Gasteiger partial charge in [0, 0.05) is 79.5 Å². The van der Waals surface area contributed by atoms with Gasteiger partial charge >= 0.3 is 0 Å². The van der Waals surface area contributed by atoms with E-state index in [1.54, 1.807) is 81.4 Å². The summed E-state index contributed by atoms with van der Waals surface area (Å²) in [6.07, 6.45) is 0. The van der Waals surface area contributed by atoms with Crippen LogP contribution in [0.4, 0.5) is 11.4 Å². The van der Waals surface area contributed by atoms with Crippen LogP contribution in [-0.4, -0.2) is 49.8 Å². The van der Waals surface area contributed by atoms with Gasteiger partial charge in [0.05, 0.1) is 49.1 Å². The van der Waals surface area contributed by atoms with Crippen LogP contribution in [0, 0.1) is 47.9 Å². The molecule has 0 fully saturated rings. The second kappa shape index (κ2) is 24.3. The van der Waals surface area contributed by atoms with E-state index in [0.29, 0.717) is 24.2 Å². The Morgan fingerprint density at radius 1 is 0.470 bits per heavy atom. The number of nitro groups is 2. The van der Waals surface area contributed by atoms with Crippen LogP contribution in [0.2, 0.25) is 0 Å². The predicted molar refractivity (Wildman–Crippen MR) is 334 cm³/mol. The first-order valence-corrected chi connectivity index (χ1v) is 31.8. The number of rotatable bonds is 10. The Labute approximate surface area is 508 Å². The van der Waals surface area contributed by atoms with Crippen LogP contribution in [0.25, 0.3) is 21.8 Å². The summed E-state index contributed by atoms with van der Waals surface area (Å²) in [5.41, 5.74) is 10.5. The number of fused-ring (bicyclic) bond motifs is 6. The van der Waals surface area contributed by atoms with Gasteiger partial charge < -0.3 is 9.13 Å². The number of aryl methyl sites for hydroxylation is 4. The van der Waals surface area contributed by atoms with Crippen molar-refractivity contribution in [1.29, 1.82) is 0 Å². The number of sulfonamides is 2. The van der Waals surface area contributed by atoms with Crippen molar-refractivity contribution >= 4 is 108 Å². The maximum absolute atomic E-state index is 14.6. The molecule has 0 unspecified atom stereocenters. The van der Waals surface area contributed by atoms with E-state index in [1.165, 1.54) is 24.3 Å². The molecule has 2 aliphatic heterocycles. The first-order valence-electron chi connectivity index (χ1n) is 26.2. The van der Waals surface area contributed by atoms with Crippen molar-refractivity contribution in [2.75, 3.05) is 5.34 Å². The van der Waals surface area contributed by atoms with Gasteiger partial charge in [-0.05, 0) is 122 Å². The van der Waals surface area contributed by atoms with Gasteiger partial charge in [-0.3, -0.25) is 20.2 Å². The monoisotopic (exact) mass is 1310 g/mol. The molecule has 0 amide bonds. The molecule has 83 heavy (non-hydrogen) atoms. The number of hydrogen-bond acceptors (Lipinski definition) is 8. The summed E-state index contributed by atoms with van der Waals surface area (Å²) in [6, 6.07) is 55.2. The largest absolute Gasteiger partial charge is 0.341 e. The summed E-state index contributed by atoms with van der Waals surface area (Å²) in [5.74, 6) is 0. The molecule has 2 aliphatic rings. The first kappa shape index (κ1) is 59.2. The predicted octanol–water partition coefficient (Wildman–Crippen LogP) is 16.3. The van der Waals surface area contributed by atoms with Crippen LogP contribution in [-0.2, 0) is 33.1 Å². The molecule has 0 bridgehead atoms. The number of alkyl halides is 2. The van der Waals surface area contributed by atoms with E-state index < -0.39 is 54.1 Å². The molecule has 0 spiro atoms. The molecular weight excluding hydrogens is 1260 g/mol. The highest BCUT2D eigenvalue weighted by Gasteiger charge is 2.48. The van der Waals surface area contributed by atoms with Crippen molar-refractivity contribution in [3.63, 3.8) is 0 Å². The Bertz CT molecular complexity index is 4010. The Hall–Kier alpha value is -7.00. The van der Waals surface area contributed by atoms with E-state index in [1.807, 2.05) is 100 Å². The molecule has 14 nitrogen and oxygen atoms in total. The maximum Gasteiger partial charge on any atom is 0.269 e. The molecule has 12 rings (SSSR count). The van der Waals surface area contributed by atoms with Crippen molar-refractivity contribution in [3.05, 3.63) is 279 Å². The number of nitrogens with zero attached hydrogens (tertiary/aromatic N) is 6. The third-order valence-electron chi connectivity index (χ3n) is 15.4. The molecule has 8 aromatic carbocycles. The van der Waals surface area contributed by atoms with Gasteiger partial charge in [0.2, 0.25) is 20.0 Å². The van der Waals surface area contributed by atoms with E-state index in [0.717, 1.165) is 75.5 Å². The van der Waals surface area contributed by atoms with Crippen molar-refractivity contribution < 1.29 is 26.7 Å². The zero-order valence-corrected chi connectivity index (χ0v) is 51.5. The zero-order chi connectivity index (χ0) is 59.1. The second-order valence-electron chi connectivity index (χ2n) is 20.3. The van der Waals surface area contributed by atoms with Gasteiger partial charge in [0.25, 0.3) is 11.4 Å². The molecule has 4 atom stereocenters. The third-order valence-corrected chi connectivity index (χ3v) is 20.2. The topological polar surface area (TPSA) is 171 Å². The summed E-state index contributed by atoms with van der Waals surface area (Å²) < 4.78 is 68.0. The molecule has 0 saturated heterocycles. The molecule has 10 aromatic rings. The SMILES string of the molecule is Cc1ccc(S(=O)(=O)N2[C@H](c3ccc([N+](=O)[O-])cc3)c3c(C)c4cc(Br)ccc4n3C[C@@H]2c2ccccc2)cc1.Cc1ccc(S(=O)(=O)N2[C@H](c3ccc([N+](=O)[O-])cc3)c3c(C)c4cc(Br)ccc4n3C[C@@H]2c2ccccc2)cc1.ClCCl. The fourth-order valence-corrected chi connectivity index (χ4v) is 15.7. The van der Waals surface area contributed by atoms with E-state index in [4.69, 9.17) is 23.2 Å². The minimum absolute atomic E-state index is 0.0479. The summed E-state index contributed by atoms with van der Waals surface area (Å²) in [4.78, 5) is 22.4. The van der Waals surface area contributed by atoms with E-state index >= 15 is 0 Å². The van der Waals surface area contributed by atoms with Crippen molar-refractivity contribution in [2.45, 2.75) is 74.7 Å². The van der Waals surface area contributed by atoms with E-state index in [-0.39, 0.29) is 26.5 Å². The smallest absolute Gasteiger partial charge is 0.269 e. The van der Waals surface area contributed by atoms with Crippen LogP contribution < -0.4 is 0 Å². The summed E-state index contributed by atoms with van der Waals surface area (Å²) in [5, 5.41) is 25.2. The average molecular weight is 1320 g/mol. The van der Waals surface area contributed by atoms with Crippen LogP contribution in [0.15, 0.2) is 213 Å². The van der Waals surface area contributed by atoms with Gasteiger partial charge in [-0.2, -0.15) is 8.61 Å². The summed E-state index contributed by atoms with van der Waals surface area (Å²) in [7, 11) is -8.06. The normalized spacial score (nSPS) is 17.2. The number of non-ortho nitro benzene ring substituents is 2. The molecule has 0 saturated carbocycles. The van der Waals surface area contributed by atoms with Gasteiger partial charge in [0.1, 0.15) is 0 Å². The van der Waals surface area contributed by atoms with Crippen LogP contribution >= 0.6 is 55.1 Å². The molecule has 0 N–H and O–H groups in total. The van der Waals surface area contributed by atoms with Crippen LogP contribution in [0.1, 0.15) is 80.1 Å². The Morgan fingerprint density at radius 3 is 1.11 bits per heavy atom. The third kappa shape index (κ3) is 11.4. The lowest BCUT2D eigenvalue weighted by molar-refractivity contribution is -0.385. The molecular formula is C63H54Br2Cl2N6O8S2. The quantitative estimate of drug-likeness (QED) is 0.0740. The highest BCUT2D eigenvalue weighted by atomic mass is 79.9. The highest BCUT2D eigenvalue weighted by Crippen LogP contribution is 2.51. The van der Waals surface area contributed by atoms with Gasteiger partial charge in [-0.15, -0.1) is 23.2 Å². The molecule has 4 heterocycles. The van der Waals surface area contributed by atoms with E-state index in [9.17, 15) is 37.1 Å². The first-order chi connectivity index (χ1) is 39.7. The fraction of sp³-hybridized carbons (Fsp3) is 0.175. The van der Waals surface area contributed by atoms with Gasteiger partial charge in [0.15, 0.2) is 0 Å². The summed E-state index contributed by atoms with van der Waals surface area (Å²) in [6.45, 7) is 8.70. The van der Waals surface area contributed by atoms with Crippen molar-refractivity contribution in [1.82, 2.24) is 17.7 Å². The van der Waals surface area contributed by atoms with Crippen LogP contribution in [0.3, 0.4) is 0 Å². The minimum atomic E-state index is -4.03. The average Bonchev–Trinajstić information content (AvgIpc) is 4.19. The number of aromatic nitrogens is 2. The minimum Gasteiger partial charge on any atom is -0.341 e. The standard InChI is InChI=1S/2C31H26BrN3O4S.CH2Cl2/c2*1-20-8-15-26(16-9-20)40(38,39)34-29(22-6-4-3-5-7-22)19-33-28-17-12-24(32)18-27(28)21(2)30(33)31(34)23-10-13-25(14-11-23)35(36)37;2-1-3/h2*3-18,29,31H,19H2,1-2H3;1H2/t2*29-,31-;/m11./s1. The lowest BCUT2D eigenvalue weighted by atomic mass is 9.94. The van der Waals surface area contributed by atoms with E-state index in [2.05, 4.69) is 65.3 Å². The maximum atomic E-state index is 14.6. The molecule has 20 heteroatoms. The summed E-state index contributed by atoms with van der Waals surface area (Å²) >= 11 is 16.7. The Balaban J connectivity index is 0.000000177. The zero-order valence-electron chi connectivity index (χ0n) is 45.2. The van der Waals surface area contributed by atoms with Gasteiger partial charge in [-0.1, -0.05) is 152 Å². The van der Waals surface area contributed by atoms with Crippen molar-refractivity contribution in [3.8, 4) is 0 Å². The molecule has 0 radical (unpaired) electrons. The lowest BCUT2D eigenvalue weighted by Crippen LogP contribution is -2.45. The molecule has 2 aromatic heterocycles. The number of nitro benzene ring substituents is 2. The Kier molecular flexibility index (Phi) is 17.3. The number of hydrogen-bond donors (Lipinski definition) is 0. The highest BCUT2D eigenvalue weighted by molar-refractivity contribution is 9.10. The van der Waals surface area contributed by atoms with Crippen LogP contribution in [0.5, 0.6) is 0 Å².